The normalized spacial score (nSPS) is 10.7. The van der Waals surface area contributed by atoms with Crippen molar-refractivity contribution in [3.05, 3.63) is 89.2 Å². The Kier molecular flexibility index (Phi) is 7.77. The zero-order valence-corrected chi connectivity index (χ0v) is 17.5. The van der Waals surface area contributed by atoms with Crippen molar-refractivity contribution < 1.29 is 9.53 Å². The molecule has 0 aliphatic rings. The average Bonchev–Trinajstić information content (AvgIpc) is 3.18. The zero-order valence-electron chi connectivity index (χ0n) is 16.8. The Labute approximate surface area is 177 Å². The maximum atomic E-state index is 12.8. The molecule has 0 fully saturated rings. The number of carbonyl (C=O) groups excluding carboxylic acids is 1. The summed E-state index contributed by atoms with van der Waals surface area (Å²) >= 11 is 6.32. The van der Waals surface area contributed by atoms with Crippen LogP contribution in [-0.2, 0) is 17.9 Å². The highest BCUT2D eigenvalue weighted by Gasteiger charge is 2.16. The molecule has 1 heterocycles. The minimum absolute atomic E-state index is 0.00667. The molecular formula is C24H27ClN2O2. The monoisotopic (exact) mass is 410 g/mol. The van der Waals surface area contributed by atoms with E-state index in [1.807, 2.05) is 71.8 Å². The number of nitrogens with zero attached hydrogens (tertiary/aromatic N) is 2. The molecule has 4 nitrogen and oxygen atoms in total. The van der Waals surface area contributed by atoms with Crippen molar-refractivity contribution in [2.45, 2.75) is 32.9 Å². The molecule has 5 heteroatoms. The molecule has 0 bridgehead atoms. The van der Waals surface area contributed by atoms with Gasteiger partial charge < -0.3 is 14.2 Å². The molecule has 0 unspecified atom stereocenters. The van der Waals surface area contributed by atoms with Crippen LogP contribution in [0.5, 0.6) is 5.75 Å². The molecular weight excluding hydrogens is 384 g/mol. The van der Waals surface area contributed by atoms with Crippen molar-refractivity contribution in [2.75, 3.05) is 13.2 Å². The first-order chi connectivity index (χ1) is 14.2. The molecule has 3 aromatic rings. The van der Waals surface area contributed by atoms with Gasteiger partial charge in [0.2, 0.25) is 0 Å². The van der Waals surface area contributed by atoms with Gasteiger partial charge in [0.05, 0.1) is 6.54 Å². The van der Waals surface area contributed by atoms with E-state index in [9.17, 15) is 4.79 Å². The molecule has 0 saturated carbocycles. The van der Waals surface area contributed by atoms with Gasteiger partial charge in [0.1, 0.15) is 5.75 Å². The first kappa shape index (κ1) is 21.0. The molecule has 0 N–H and O–H groups in total. The second kappa shape index (κ2) is 10.7. The minimum atomic E-state index is -0.00667. The summed E-state index contributed by atoms with van der Waals surface area (Å²) in [6.45, 7) is 4.11. The van der Waals surface area contributed by atoms with Gasteiger partial charge >= 0.3 is 0 Å². The maximum absolute atomic E-state index is 12.8. The molecule has 0 aliphatic carbocycles. The Morgan fingerprint density at radius 2 is 1.79 bits per heavy atom. The van der Waals surface area contributed by atoms with Crippen molar-refractivity contribution in [2.24, 2.45) is 0 Å². The lowest BCUT2D eigenvalue weighted by Crippen LogP contribution is -2.36. The van der Waals surface area contributed by atoms with Crippen LogP contribution in [0.1, 0.15) is 31.0 Å². The van der Waals surface area contributed by atoms with Crippen LogP contribution in [0.15, 0.2) is 72.9 Å². The van der Waals surface area contributed by atoms with E-state index in [0.29, 0.717) is 25.4 Å². The summed E-state index contributed by atoms with van der Waals surface area (Å²) in [4.78, 5) is 14.7. The summed E-state index contributed by atoms with van der Waals surface area (Å²) in [5.74, 6) is 0.700. The fraction of sp³-hybridized carbons (Fsp3) is 0.292. The van der Waals surface area contributed by atoms with Crippen LogP contribution in [0.3, 0.4) is 0 Å². The number of hydrogen-bond donors (Lipinski definition) is 0. The standard InChI is InChI=1S/C24H27ClN2O2/c1-2-3-15-27(24(28)19-29-22-12-5-4-6-13-22)18-21-11-9-16-26(21)17-20-10-7-8-14-23(20)25/h4-14,16H,2-3,15,17-19H2,1H3. The predicted octanol–water partition coefficient (Wildman–Crippen LogP) is 5.40. The number of rotatable bonds is 10. The van der Waals surface area contributed by atoms with Crippen LogP contribution in [0, 0.1) is 0 Å². The number of halogens is 1. The fourth-order valence-electron chi connectivity index (χ4n) is 3.15. The van der Waals surface area contributed by atoms with E-state index in [0.717, 1.165) is 29.1 Å². The summed E-state index contributed by atoms with van der Waals surface area (Å²) < 4.78 is 7.82. The highest BCUT2D eigenvalue weighted by molar-refractivity contribution is 6.31. The molecule has 1 amide bonds. The molecule has 0 saturated heterocycles. The van der Waals surface area contributed by atoms with Crippen LogP contribution >= 0.6 is 11.6 Å². The van der Waals surface area contributed by atoms with Crippen molar-refractivity contribution in [1.29, 1.82) is 0 Å². The molecule has 1 aromatic heterocycles. The molecule has 0 atom stereocenters. The van der Waals surface area contributed by atoms with E-state index in [4.69, 9.17) is 16.3 Å². The number of hydrogen-bond acceptors (Lipinski definition) is 2. The number of ether oxygens (including phenoxy) is 1. The number of benzene rings is 2. The van der Waals surface area contributed by atoms with Crippen molar-refractivity contribution in [1.82, 2.24) is 9.47 Å². The molecule has 152 valence electrons. The molecule has 0 spiro atoms. The van der Waals surface area contributed by atoms with E-state index >= 15 is 0 Å². The van der Waals surface area contributed by atoms with E-state index in [1.54, 1.807) is 0 Å². The van der Waals surface area contributed by atoms with E-state index < -0.39 is 0 Å². The number of carbonyl (C=O) groups is 1. The van der Waals surface area contributed by atoms with Crippen molar-refractivity contribution in [3.63, 3.8) is 0 Å². The summed E-state index contributed by atoms with van der Waals surface area (Å²) in [6, 6.07) is 21.4. The first-order valence-corrected chi connectivity index (χ1v) is 10.4. The first-order valence-electron chi connectivity index (χ1n) is 10.0. The van der Waals surface area contributed by atoms with Crippen LogP contribution < -0.4 is 4.74 Å². The van der Waals surface area contributed by atoms with Gasteiger partial charge in [0, 0.05) is 30.0 Å². The summed E-state index contributed by atoms with van der Waals surface area (Å²) in [6.07, 6.45) is 4.02. The van der Waals surface area contributed by atoms with E-state index in [2.05, 4.69) is 17.6 Å². The molecule has 0 radical (unpaired) electrons. The van der Waals surface area contributed by atoms with Gasteiger partial charge in [-0.1, -0.05) is 61.3 Å². The third kappa shape index (κ3) is 6.13. The van der Waals surface area contributed by atoms with Crippen LogP contribution in [0.4, 0.5) is 0 Å². The van der Waals surface area contributed by atoms with E-state index in [-0.39, 0.29) is 12.5 Å². The molecule has 0 aliphatic heterocycles. The van der Waals surface area contributed by atoms with Crippen molar-refractivity contribution in [3.8, 4) is 5.75 Å². The smallest absolute Gasteiger partial charge is 0.260 e. The average molecular weight is 411 g/mol. The van der Waals surface area contributed by atoms with Gasteiger partial charge in [-0.15, -0.1) is 0 Å². The second-order valence-electron chi connectivity index (χ2n) is 6.99. The number of unbranched alkanes of at least 4 members (excludes halogenated alkanes) is 1. The van der Waals surface area contributed by atoms with E-state index in [1.165, 1.54) is 0 Å². The highest BCUT2D eigenvalue weighted by Crippen LogP contribution is 2.18. The van der Waals surface area contributed by atoms with Crippen molar-refractivity contribution >= 4 is 17.5 Å². The van der Waals surface area contributed by atoms with Crippen LogP contribution in [-0.4, -0.2) is 28.5 Å². The highest BCUT2D eigenvalue weighted by atomic mass is 35.5. The Hall–Kier alpha value is -2.72. The van der Waals surface area contributed by atoms with Gasteiger partial charge in [0.25, 0.3) is 5.91 Å². The van der Waals surface area contributed by atoms with Gasteiger partial charge in [-0.25, -0.2) is 0 Å². The largest absolute Gasteiger partial charge is 0.484 e. The predicted molar refractivity (Wildman–Crippen MR) is 117 cm³/mol. The molecule has 3 rings (SSSR count). The minimum Gasteiger partial charge on any atom is -0.484 e. The number of aromatic nitrogens is 1. The van der Waals surface area contributed by atoms with Crippen LogP contribution in [0.2, 0.25) is 5.02 Å². The van der Waals surface area contributed by atoms with Gasteiger partial charge in [-0.05, 0) is 42.3 Å². The Morgan fingerprint density at radius 1 is 1.03 bits per heavy atom. The molecule has 29 heavy (non-hydrogen) atoms. The quantitative estimate of drug-likeness (QED) is 0.448. The maximum Gasteiger partial charge on any atom is 0.260 e. The third-order valence-corrected chi connectivity index (χ3v) is 5.18. The lowest BCUT2D eigenvalue weighted by atomic mass is 10.2. The van der Waals surface area contributed by atoms with Gasteiger partial charge in [-0.3, -0.25) is 4.79 Å². The summed E-state index contributed by atoms with van der Waals surface area (Å²) in [5.41, 5.74) is 2.14. The van der Waals surface area contributed by atoms with Crippen LogP contribution in [0.25, 0.3) is 0 Å². The SMILES string of the molecule is CCCCN(Cc1cccn1Cc1ccccc1Cl)C(=O)COc1ccccc1. The zero-order chi connectivity index (χ0) is 20.5. The Bertz CT molecular complexity index is 908. The third-order valence-electron chi connectivity index (χ3n) is 4.81. The number of para-hydroxylation sites is 1. The lowest BCUT2D eigenvalue weighted by Gasteiger charge is -2.24. The summed E-state index contributed by atoms with van der Waals surface area (Å²) in [7, 11) is 0. The second-order valence-corrected chi connectivity index (χ2v) is 7.40. The Balaban J connectivity index is 1.68. The van der Waals surface area contributed by atoms with Gasteiger partial charge in [-0.2, -0.15) is 0 Å². The topological polar surface area (TPSA) is 34.5 Å². The number of amides is 1. The summed E-state index contributed by atoms with van der Waals surface area (Å²) in [5, 5.41) is 0.752. The molecule has 2 aromatic carbocycles. The van der Waals surface area contributed by atoms with Gasteiger partial charge in [0.15, 0.2) is 6.61 Å². The fourth-order valence-corrected chi connectivity index (χ4v) is 3.34. The lowest BCUT2D eigenvalue weighted by molar-refractivity contribution is -0.134. The Morgan fingerprint density at radius 3 is 2.55 bits per heavy atom.